The van der Waals surface area contributed by atoms with Gasteiger partial charge in [-0.15, -0.1) is 0 Å². The Hall–Kier alpha value is -3.01. The van der Waals surface area contributed by atoms with Gasteiger partial charge >= 0.3 is 6.03 Å². The molecule has 0 unspecified atom stereocenters. The van der Waals surface area contributed by atoms with Gasteiger partial charge < -0.3 is 30.1 Å². The maximum atomic E-state index is 13.2. The van der Waals surface area contributed by atoms with Gasteiger partial charge in [-0.1, -0.05) is 24.3 Å². The number of anilines is 1. The molecule has 2 aliphatic heterocycles. The van der Waals surface area contributed by atoms with E-state index in [1.165, 1.54) is 35.4 Å². The molecule has 0 bridgehead atoms. The summed E-state index contributed by atoms with van der Waals surface area (Å²) in [4.78, 5) is 27.5. The first-order valence-corrected chi connectivity index (χ1v) is 12.5. The highest BCUT2D eigenvalue weighted by Gasteiger charge is 2.40. The van der Waals surface area contributed by atoms with Crippen molar-refractivity contribution in [1.29, 1.82) is 0 Å². The summed E-state index contributed by atoms with van der Waals surface area (Å²) >= 11 is 0. The maximum Gasteiger partial charge on any atom is 0.322 e. The van der Waals surface area contributed by atoms with Crippen LogP contribution in [-0.4, -0.2) is 72.1 Å². The van der Waals surface area contributed by atoms with E-state index in [-0.39, 0.29) is 56.1 Å². The quantitative estimate of drug-likeness (QED) is 0.603. The van der Waals surface area contributed by atoms with Gasteiger partial charge in [0.2, 0.25) is 5.91 Å². The van der Waals surface area contributed by atoms with E-state index in [9.17, 15) is 19.1 Å². The Labute approximate surface area is 209 Å². The van der Waals surface area contributed by atoms with Crippen LogP contribution in [0.25, 0.3) is 0 Å². The molecule has 0 spiro atoms. The molecular weight excluding hydrogens is 465 g/mol. The van der Waals surface area contributed by atoms with Crippen molar-refractivity contribution in [1.82, 2.24) is 10.2 Å². The number of aliphatic hydroxyl groups excluding tert-OH is 1. The predicted molar refractivity (Wildman–Crippen MR) is 131 cm³/mol. The standard InChI is InChI=1S/C27H32FN3O5/c28-19-5-7-20(8-6-19)30-27(34)31-14-22(32)15-35-16-25-24(31)10-9-23(36-25)13-26(33)29-21-11-17-3-1-2-4-18(17)12-21/h1-8,21-25,32H,9-16H2,(H,29,33)(H,30,34)/t22-,23-,24-,25+/m1/s1. The first kappa shape index (κ1) is 24.7. The van der Waals surface area contributed by atoms with Gasteiger partial charge in [0.15, 0.2) is 0 Å². The van der Waals surface area contributed by atoms with Crippen LogP contribution in [0, 0.1) is 5.82 Å². The number of benzene rings is 2. The lowest BCUT2D eigenvalue weighted by molar-refractivity contribution is -0.150. The van der Waals surface area contributed by atoms with Crippen molar-refractivity contribution in [2.75, 3.05) is 25.1 Å². The Kier molecular flexibility index (Phi) is 7.50. The number of hydrogen-bond acceptors (Lipinski definition) is 5. The van der Waals surface area contributed by atoms with Crippen molar-refractivity contribution in [2.45, 2.75) is 62.5 Å². The number of nitrogens with zero attached hydrogens (tertiary/aromatic N) is 1. The van der Waals surface area contributed by atoms with Crippen molar-refractivity contribution >= 4 is 17.6 Å². The van der Waals surface area contributed by atoms with Gasteiger partial charge in [0.25, 0.3) is 0 Å². The summed E-state index contributed by atoms with van der Waals surface area (Å²) in [6.07, 6.45) is 1.63. The van der Waals surface area contributed by atoms with Crippen molar-refractivity contribution in [3.8, 4) is 0 Å². The largest absolute Gasteiger partial charge is 0.389 e. The summed E-state index contributed by atoms with van der Waals surface area (Å²) in [5, 5.41) is 16.2. The Bertz CT molecular complexity index is 1060. The number of ether oxygens (including phenoxy) is 2. The normalized spacial score (nSPS) is 26.3. The van der Waals surface area contributed by atoms with Crippen LogP contribution in [0.2, 0.25) is 0 Å². The van der Waals surface area contributed by atoms with E-state index in [1.807, 2.05) is 12.1 Å². The minimum Gasteiger partial charge on any atom is -0.389 e. The lowest BCUT2D eigenvalue weighted by Gasteiger charge is -2.44. The van der Waals surface area contributed by atoms with Crippen LogP contribution in [0.1, 0.15) is 30.4 Å². The number of carbonyl (C=O) groups excluding carboxylic acids is 2. The molecule has 5 rings (SSSR count). The number of urea groups is 1. The average Bonchev–Trinajstić information content (AvgIpc) is 3.25. The summed E-state index contributed by atoms with van der Waals surface area (Å²) in [5.41, 5.74) is 3.03. The number of rotatable bonds is 4. The molecule has 2 heterocycles. The van der Waals surface area contributed by atoms with Crippen LogP contribution in [-0.2, 0) is 27.1 Å². The van der Waals surface area contributed by atoms with E-state index in [2.05, 4.69) is 22.8 Å². The van der Waals surface area contributed by atoms with Gasteiger partial charge in [-0.25, -0.2) is 9.18 Å². The fourth-order valence-electron chi connectivity index (χ4n) is 5.46. The lowest BCUT2D eigenvalue weighted by atomic mass is 9.95. The molecular formula is C27H32FN3O5. The third kappa shape index (κ3) is 5.86. The van der Waals surface area contributed by atoms with Crippen LogP contribution < -0.4 is 10.6 Å². The number of carbonyl (C=O) groups is 2. The third-order valence-corrected chi connectivity index (χ3v) is 7.17. The Morgan fingerprint density at radius 3 is 2.47 bits per heavy atom. The molecule has 192 valence electrons. The molecule has 0 radical (unpaired) electrons. The van der Waals surface area contributed by atoms with Crippen molar-refractivity contribution in [2.24, 2.45) is 0 Å². The maximum absolute atomic E-state index is 13.2. The van der Waals surface area contributed by atoms with E-state index in [4.69, 9.17) is 9.47 Å². The molecule has 0 saturated carbocycles. The molecule has 2 saturated heterocycles. The Morgan fingerprint density at radius 1 is 1.03 bits per heavy atom. The molecule has 2 fully saturated rings. The van der Waals surface area contributed by atoms with Crippen LogP contribution in [0.3, 0.4) is 0 Å². The molecule has 2 aromatic carbocycles. The van der Waals surface area contributed by atoms with Crippen molar-refractivity contribution in [3.05, 3.63) is 65.5 Å². The third-order valence-electron chi connectivity index (χ3n) is 7.17. The van der Waals surface area contributed by atoms with E-state index in [1.54, 1.807) is 4.90 Å². The van der Waals surface area contributed by atoms with E-state index in [0.29, 0.717) is 18.5 Å². The highest BCUT2D eigenvalue weighted by atomic mass is 19.1. The highest BCUT2D eigenvalue weighted by Crippen LogP contribution is 2.29. The summed E-state index contributed by atoms with van der Waals surface area (Å²) in [6.45, 7) is 0.392. The van der Waals surface area contributed by atoms with Gasteiger partial charge in [-0.05, 0) is 61.1 Å². The smallest absolute Gasteiger partial charge is 0.322 e. The van der Waals surface area contributed by atoms with E-state index >= 15 is 0 Å². The summed E-state index contributed by atoms with van der Waals surface area (Å²) in [6, 6.07) is 13.2. The molecule has 1 aliphatic carbocycles. The van der Waals surface area contributed by atoms with Crippen molar-refractivity contribution in [3.63, 3.8) is 0 Å². The van der Waals surface area contributed by atoms with Crippen LogP contribution in [0.5, 0.6) is 0 Å². The second kappa shape index (κ2) is 10.9. The lowest BCUT2D eigenvalue weighted by Crippen LogP contribution is -2.58. The fraction of sp³-hybridized carbons (Fsp3) is 0.481. The Morgan fingerprint density at radius 2 is 1.75 bits per heavy atom. The van der Waals surface area contributed by atoms with Crippen LogP contribution in [0.4, 0.5) is 14.9 Å². The number of halogens is 1. The van der Waals surface area contributed by atoms with Crippen molar-refractivity contribution < 1.29 is 28.6 Å². The second-order valence-electron chi connectivity index (χ2n) is 9.87. The zero-order valence-electron chi connectivity index (χ0n) is 20.1. The monoisotopic (exact) mass is 497 g/mol. The van der Waals surface area contributed by atoms with Crippen LogP contribution >= 0.6 is 0 Å². The molecule has 3 N–H and O–H groups in total. The molecule has 3 aliphatic rings. The zero-order chi connectivity index (χ0) is 25.1. The number of nitrogens with one attached hydrogen (secondary N) is 2. The van der Waals surface area contributed by atoms with Gasteiger partial charge in [-0.3, -0.25) is 4.79 Å². The number of fused-ring (bicyclic) bond motifs is 2. The van der Waals surface area contributed by atoms with Gasteiger partial charge in [0.1, 0.15) is 11.9 Å². The van der Waals surface area contributed by atoms with E-state index in [0.717, 1.165) is 12.8 Å². The van der Waals surface area contributed by atoms with E-state index < -0.39 is 18.2 Å². The minimum atomic E-state index is -0.830. The summed E-state index contributed by atoms with van der Waals surface area (Å²) in [7, 11) is 0. The molecule has 9 heteroatoms. The predicted octanol–water partition coefficient (Wildman–Crippen LogP) is 2.64. The van der Waals surface area contributed by atoms with Gasteiger partial charge in [0, 0.05) is 11.7 Å². The van der Waals surface area contributed by atoms with Crippen LogP contribution in [0.15, 0.2) is 48.5 Å². The number of hydrogen-bond donors (Lipinski definition) is 3. The fourth-order valence-corrected chi connectivity index (χ4v) is 5.46. The molecule has 36 heavy (non-hydrogen) atoms. The molecule has 4 atom stereocenters. The Balaban J connectivity index is 1.18. The minimum absolute atomic E-state index is 0.0376. The molecule has 2 aromatic rings. The second-order valence-corrected chi connectivity index (χ2v) is 9.87. The zero-order valence-corrected chi connectivity index (χ0v) is 20.1. The number of β-amino-alcohol motifs (C(OH)–C–C–N with tert-alkyl or cyclic N) is 1. The molecule has 0 aromatic heterocycles. The first-order chi connectivity index (χ1) is 17.4. The average molecular weight is 498 g/mol. The summed E-state index contributed by atoms with van der Waals surface area (Å²) < 4.78 is 25.1. The molecule has 3 amide bonds. The van der Waals surface area contributed by atoms with Gasteiger partial charge in [0.05, 0.1) is 44.4 Å². The number of aliphatic hydroxyl groups is 1. The highest BCUT2D eigenvalue weighted by molar-refractivity contribution is 5.89. The van der Waals surface area contributed by atoms with Gasteiger partial charge in [-0.2, -0.15) is 0 Å². The number of amides is 3. The molecule has 8 nitrogen and oxygen atoms in total. The SMILES string of the molecule is O=C(C[C@H]1CC[C@@H]2[C@H](COC[C@H](O)CN2C(=O)Nc2ccc(F)cc2)O1)NC1Cc2ccccc2C1. The topological polar surface area (TPSA) is 100 Å². The summed E-state index contributed by atoms with van der Waals surface area (Å²) in [5.74, 6) is -0.426. The first-order valence-electron chi connectivity index (χ1n) is 12.5.